The normalized spacial score (nSPS) is 23.3. The summed E-state index contributed by atoms with van der Waals surface area (Å²) in [5.41, 5.74) is 15.9. The van der Waals surface area contributed by atoms with Crippen LogP contribution in [0.4, 0.5) is 17.1 Å². The first-order valence-electron chi connectivity index (χ1n) is 20.0. The van der Waals surface area contributed by atoms with Gasteiger partial charge >= 0.3 is 0 Å². The molecule has 13 rings (SSSR count). The van der Waals surface area contributed by atoms with E-state index in [0.717, 1.165) is 23.7 Å². The Morgan fingerprint density at radius 1 is 0.463 bits per heavy atom. The van der Waals surface area contributed by atoms with Crippen LogP contribution in [0.3, 0.4) is 0 Å². The zero-order valence-electron chi connectivity index (χ0n) is 30.4. The Balaban J connectivity index is 1.09. The number of hydrogen-bond acceptors (Lipinski definition) is 1. The van der Waals surface area contributed by atoms with Gasteiger partial charge in [-0.15, -0.1) is 0 Å². The predicted molar refractivity (Wildman–Crippen MR) is 224 cm³/mol. The molecule has 4 fully saturated rings. The second-order valence-electron chi connectivity index (χ2n) is 16.6. The zero-order valence-corrected chi connectivity index (χ0v) is 30.4. The molecule has 0 atom stereocenters. The lowest BCUT2D eigenvalue weighted by Gasteiger charge is -2.61. The maximum Gasteiger partial charge on any atom is 0.0543 e. The fourth-order valence-corrected chi connectivity index (χ4v) is 12.2. The van der Waals surface area contributed by atoms with Crippen LogP contribution in [-0.4, -0.2) is 4.57 Å². The van der Waals surface area contributed by atoms with Gasteiger partial charge in [-0.2, -0.15) is 0 Å². The average Bonchev–Trinajstić information content (AvgIpc) is 3.72. The maximum absolute atomic E-state index is 2.55. The monoisotopic (exact) mass is 694 g/mol. The van der Waals surface area contributed by atoms with E-state index in [1.807, 2.05) is 0 Å². The van der Waals surface area contributed by atoms with Crippen LogP contribution in [0.5, 0.6) is 0 Å². The van der Waals surface area contributed by atoms with Gasteiger partial charge in [-0.3, -0.25) is 0 Å². The molecule has 0 unspecified atom stereocenters. The fraction of sp³-hybridized carbons (Fsp3) is 0.192. The largest absolute Gasteiger partial charge is 0.310 e. The number of para-hydroxylation sites is 2. The number of nitrogens with zero attached hydrogens (tertiary/aromatic N) is 2. The van der Waals surface area contributed by atoms with Crippen LogP contribution in [0.25, 0.3) is 49.7 Å². The summed E-state index contributed by atoms with van der Waals surface area (Å²) >= 11 is 0. The molecule has 0 N–H and O–H groups in total. The van der Waals surface area contributed by atoms with Gasteiger partial charge in [0.2, 0.25) is 0 Å². The summed E-state index contributed by atoms with van der Waals surface area (Å²) in [6.07, 6.45) is 7.01. The van der Waals surface area contributed by atoms with Crippen LogP contribution in [0.2, 0.25) is 0 Å². The summed E-state index contributed by atoms with van der Waals surface area (Å²) in [5, 5.41) is 2.57. The molecule has 1 aromatic heterocycles. The van der Waals surface area contributed by atoms with Gasteiger partial charge in [0.15, 0.2) is 0 Å². The molecule has 4 saturated carbocycles. The van der Waals surface area contributed by atoms with Crippen molar-refractivity contribution in [3.05, 3.63) is 181 Å². The van der Waals surface area contributed by atoms with Crippen molar-refractivity contribution < 1.29 is 0 Å². The van der Waals surface area contributed by atoms with Gasteiger partial charge < -0.3 is 9.47 Å². The molecule has 0 amide bonds. The highest BCUT2D eigenvalue weighted by atomic mass is 15.1. The van der Waals surface area contributed by atoms with Crippen molar-refractivity contribution in [1.82, 2.24) is 4.57 Å². The Kier molecular flexibility index (Phi) is 6.55. The quantitative estimate of drug-likeness (QED) is 0.174. The molecule has 2 nitrogen and oxygen atoms in total. The molecular weight excluding hydrogens is 653 g/mol. The number of anilines is 3. The Labute approximate surface area is 317 Å². The Hall–Kier alpha value is -5.86. The zero-order chi connectivity index (χ0) is 35.4. The minimum atomic E-state index is 0.114. The van der Waals surface area contributed by atoms with Crippen LogP contribution in [0, 0.1) is 23.7 Å². The van der Waals surface area contributed by atoms with E-state index in [-0.39, 0.29) is 5.41 Å². The minimum Gasteiger partial charge on any atom is -0.310 e. The van der Waals surface area contributed by atoms with E-state index in [1.165, 1.54) is 98.9 Å². The van der Waals surface area contributed by atoms with E-state index >= 15 is 0 Å². The summed E-state index contributed by atoms with van der Waals surface area (Å²) < 4.78 is 2.44. The molecule has 2 heteroatoms. The van der Waals surface area contributed by atoms with Gasteiger partial charge in [0.1, 0.15) is 0 Å². The second kappa shape index (κ2) is 11.6. The van der Waals surface area contributed by atoms with Crippen LogP contribution < -0.4 is 4.90 Å². The maximum atomic E-state index is 2.55. The molecule has 5 aliphatic carbocycles. The van der Waals surface area contributed by atoms with Gasteiger partial charge in [0.25, 0.3) is 0 Å². The van der Waals surface area contributed by atoms with Crippen molar-refractivity contribution in [3.8, 4) is 27.9 Å². The van der Waals surface area contributed by atoms with Gasteiger partial charge in [0, 0.05) is 38.8 Å². The molecule has 0 aliphatic heterocycles. The number of hydrogen-bond donors (Lipinski definition) is 0. The topological polar surface area (TPSA) is 8.17 Å². The lowest BCUT2D eigenvalue weighted by Crippen LogP contribution is -2.55. The molecule has 54 heavy (non-hydrogen) atoms. The SMILES string of the molecule is c1ccc(-c2ccc(N(c3cccc(-n4c5ccccc5c5ccccc54)c3)c3cccc4c3-c3ccccc3C43C4CC5CC(C4)CC3C5)cc2)cc1. The summed E-state index contributed by atoms with van der Waals surface area (Å²) in [7, 11) is 0. The molecule has 5 aliphatic rings. The number of rotatable bonds is 5. The highest BCUT2D eigenvalue weighted by Gasteiger charge is 2.61. The summed E-state index contributed by atoms with van der Waals surface area (Å²) in [5.74, 6) is 3.29. The van der Waals surface area contributed by atoms with Crippen molar-refractivity contribution in [3.63, 3.8) is 0 Å². The molecular formula is C52H42N2. The Morgan fingerprint density at radius 2 is 1.06 bits per heavy atom. The third-order valence-electron chi connectivity index (χ3n) is 14.0. The van der Waals surface area contributed by atoms with Gasteiger partial charge in [0.05, 0.1) is 16.7 Å². The first-order valence-corrected chi connectivity index (χ1v) is 20.0. The smallest absolute Gasteiger partial charge is 0.0543 e. The van der Waals surface area contributed by atoms with Crippen molar-refractivity contribution in [2.75, 3.05) is 4.90 Å². The van der Waals surface area contributed by atoms with Crippen LogP contribution >= 0.6 is 0 Å². The lowest BCUT2D eigenvalue weighted by molar-refractivity contribution is -0.0399. The number of aromatic nitrogens is 1. The van der Waals surface area contributed by atoms with E-state index < -0.39 is 0 Å². The van der Waals surface area contributed by atoms with E-state index in [2.05, 4.69) is 179 Å². The fourth-order valence-electron chi connectivity index (χ4n) is 12.2. The lowest BCUT2D eigenvalue weighted by atomic mass is 9.43. The summed E-state index contributed by atoms with van der Waals surface area (Å²) in [4.78, 5) is 2.55. The highest BCUT2D eigenvalue weighted by molar-refractivity contribution is 6.09. The molecule has 0 saturated heterocycles. The second-order valence-corrected chi connectivity index (χ2v) is 16.6. The third-order valence-corrected chi connectivity index (χ3v) is 14.0. The molecule has 7 aromatic carbocycles. The summed E-state index contributed by atoms with van der Waals surface area (Å²) in [6.45, 7) is 0. The standard InChI is InChI=1S/C52H42N2/c1-2-12-36(13-3-1)37-24-26-40(27-25-37)53(41-14-10-15-42(33-41)54-48-21-8-5-16-43(48)44-17-6-9-22-49(44)54)50-23-11-20-47-51(50)45-18-4-7-19-46(45)52(47)38-29-34-28-35(31-38)32-39(52)30-34/h1-27,33-35,38-39H,28-32H2. The third kappa shape index (κ3) is 4.23. The van der Waals surface area contributed by atoms with Gasteiger partial charge in [-0.05, 0) is 132 Å². The predicted octanol–water partition coefficient (Wildman–Crippen LogP) is 13.6. The van der Waals surface area contributed by atoms with E-state index in [0.29, 0.717) is 0 Å². The van der Waals surface area contributed by atoms with Crippen LogP contribution in [0.15, 0.2) is 170 Å². The van der Waals surface area contributed by atoms with E-state index in [9.17, 15) is 0 Å². The molecule has 1 heterocycles. The molecule has 0 radical (unpaired) electrons. The average molecular weight is 695 g/mol. The van der Waals surface area contributed by atoms with Crippen molar-refractivity contribution in [1.29, 1.82) is 0 Å². The van der Waals surface area contributed by atoms with Gasteiger partial charge in [-0.1, -0.05) is 121 Å². The Morgan fingerprint density at radius 3 is 1.78 bits per heavy atom. The molecule has 4 bridgehead atoms. The van der Waals surface area contributed by atoms with Crippen molar-refractivity contribution in [2.24, 2.45) is 23.7 Å². The first-order chi connectivity index (χ1) is 26.8. The summed E-state index contributed by atoms with van der Waals surface area (Å²) in [6, 6.07) is 63.7. The van der Waals surface area contributed by atoms with Gasteiger partial charge in [-0.25, -0.2) is 0 Å². The Bertz CT molecular complexity index is 2650. The highest BCUT2D eigenvalue weighted by Crippen LogP contribution is 2.70. The number of fused-ring (bicyclic) bond motifs is 6. The molecule has 8 aromatic rings. The van der Waals surface area contributed by atoms with Crippen molar-refractivity contribution in [2.45, 2.75) is 37.5 Å². The van der Waals surface area contributed by atoms with E-state index in [4.69, 9.17) is 0 Å². The minimum absolute atomic E-state index is 0.114. The molecule has 1 spiro atoms. The van der Waals surface area contributed by atoms with E-state index in [1.54, 1.807) is 11.1 Å². The number of benzene rings is 7. The van der Waals surface area contributed by atoms with Crippen LogP contribution in [-0.2, 0) is 5.41 Å². The van der Waals surface area contributed by atoms with Crippen molar-refractivity contribution >= 4 is 38.9 Å². The molecule has 260 valence electrons. The first kappa shape index (κ1) is 30.6. The van der Waals surface area contributed by atoms with Crippen LogP contribution in [0.1, 0.15) is 43.2 Å².